The van der Waals surface area contributed by atoms with Crippen LogP contribution in [-0.2, 0) is 4.79 Å². The van der Waals surface area contributed by atoms with E-state index in [-0.39, 0.29) is 11.9 Å². The van der Waals surface area contributed by atoms with E-state index in [1.54, 1.807) is 0 Å². The molecule has 1 fully saturated rings. The average molecular weight is 272 g/mol. The monoisotopic (exact) mass is 272 g/mol. The number of nitrogens with zero attached hydrogens (tertiary/aromatic N) is 2. The Labute approximate surface area is 115 Å². The molecule has 1 saturated heterocycles. The Hall–Kier alpha value is -2.41. The van der Waals surface area contributed by atoms with E-state index < -0.39 is 0 Å². The van der Waals surface area contributed by atoms with Gasteiger partial charge in [0.1, 0.15) is 11.9 Å². The fourth-order valence-electron chi connectivity index (χ4n) is 2.33. The van der Waals surface area contributed by atoms with E-state index in [4.69, 9.17) is 5.84 Å². The zero-order valence-electron chi connectivity index (χ0n) is 10.9. The summed E-state index contributed by atoms with van der Waals surface area (Å²) in [6, 6.07) is 7.33. The number of nitrogens with one attached hydrogen (secondary N) is 3. The summed E-state index contributed by atoms with van der Waals surface area (Å²) in [5, 5.41) is 6.90. The SMILES string of the molecule is NNc1nc(NC2CCCNC2=O)c2ccccc2n1. The maximum Gasteiger partial charge on any atom is 0.242 e. The maximum absolute atomic E-state index is 11.8. The van der Waals surface area contributed by atoms with E-state index in [1.165, 1.54) is 0 Å². The van der Waals surface area contributed by atoms with Gasteiger partial charge >= 0.3 is 0 Å². The summed E-state index contributed by atoms with van der Waals surface area (Å²) < 4.78 is 0. The summed E-state index contributed by atoms with van der Waals surface area (Å²) in [5.41, 5.74) is 3.22. The lowest BCUT2D eigenvalue weighted by Gasteiger charge is -2.23. The molecule has 104 valence electrons. The van der Waals surface area contributed by atoms with E-state index in [1.807, 2.05) is 24.3 Å². The first kappa shape index (κ1) is 12.6. The second-order valence-corrected chi connectivity index (χ2v) is 4.69. The van der Waals surface area contributed by atoms with Crippen molar-refractivity contribution >= 4 is 28.6 Å². The summed E-state index contributed by atoms with van der Waals surface area (Å²) in [6.07, 6.45) is 1.74. The van der Waals surface area contributed by atoms with Crippen molar-refractivity contribution in [2.75, 3.05) is 17.3 Å². The van der Waals surface area contributed by atoms with Crippen molar-refractivity contribution < 1.29 is 4.79 Å². The number of aromatic nitrogens is 2. The molecule has 2 heterocycles. The molecule has 2 aromatic rings. The molecule has 7 nitrogen and oxygen atoms in total. The largest absolute Gasteiger partial charge is 0.358 e. The normalized spacial score (nSPS) is 18.6. The van der Waals surface area contributed by atoms with Crippen LogP contribution < -0.4 is 21.9 Å². The number of benzene rings is 1. The number of hydrazine groups is 1. The number of nitrogen functional groups attached to an aromatic ring is 1. The Kier molecular flexibility index (Phi) is 3.34. The second-order valence-electron chi connectivity index (χ2n) is 4.69. The molecule has 5 N–H and O–H groups in total. The van der Waals surface area contributed by atoms with Crippen LogP contribution in [0, 0.1) is 0 Å². The molecule has 1 aromatic heterocycles. The molecule has 0 spiro atoms. The zero-order chi connectivity index (χ0) is 13.9. The highest BCUT2D eigenvalue weighted by Gasteiger charge is 2.23. The van der Waals surface area contributed by atoms with Gasteiger partial charge in [0, 0.05) is 11.9 Å². The van der Waals surface area contributed by atoms with Crippen molar-refractivity contribution in [2.45, 2.75) is 18.9 Å². The van der Waals surface area contributed by atoms with Crippen LogP contribution in [0.15, 0.2) is 24.3 Å². The van der Waals surface area contributed by atoms with Gasteiger partial charge in [0.25, 0.3) is 0 Å². The molecular formula is C13H16N6O. The molecule has 0 radical (unpaired) electrons. The van der Waals surface area contributed by atoms with Crippen molar-refractivity contribution in [1.82, 2.24) is 15.3 Å². The molecule has 7 heteroatoms. The number of hydrogen-bond acceptors (Lipinski definition) is 6. The van der Waals surface area contributed by atoms with Crippen molar-refractivity contribution in [3.63, 3.8) is 0 Å². The van der Waals surface area contributed by atoms with E-state index in [0.717, 1.165) is 30.3 Å². The molecule has 0 bridgehead atoms. The number of piperidine rings is 1. The van der Waals surface area contributed by atoms with E-state index in [2.05, 4.69) is 26.0 Å². The predicted octanol–water partition coefficient (Wildman–Crippen LogP) is 0.606. The lowest BCUT2D eigenvalue weighted by Crippen LogP contribution is -2.44. The van der Waals surface area contributed by atoms with E-state index in [0.29, 0.717) is 11.8 Å². The van der Waals surface area contributed by atoms with Crippen molar-refractivity contribution in [3.05, 3.63) is 24.3 Å². The Morgan fingerprint density at radius 1 is 1.30 bits per heavy atom. The third kappa shape index (κ3) is 2.35. The van der Waals surface area contributed by atoms with Crippen molar-refractivity contribution in [3.8, 4) is 0 Å². The Balaban J connectivity index is 1.98. The minimum Gasteiger partial charge on any atom is -0.358 e. The molecule has 1 unspecified atom stereocenters. The van der Waals surface area contributed by atoms with Crippen LogP contribution in [0.25, 0.3) is 10.9 Å². The summed E-state index contributed by atoms with van der Waals surface area (Å²) in [7, 11) is 0. The van der Waals surface area contributed by atoms with Gasteiger partial charge in [0.2, 0.25) is 11.9 Å². The molecule has 3 rings (SSSR count). The highest BCUT2D eigenvalue weighted by Crippen LogP contribution is 2.23. The van der Waals surface area contributed by atoms with Gasteiger partial charge in [-0.2, -0.15) is 4.98 Å². The van der Waals surface area contributed by atoms with Gasteiger partial charge < -0.3 is 10.6 Å². The molecule has 1 atom stereocenters. The van der Waals surface area contributed by atoms with Gasteiger partial charge in [-0.3, -0.25) is 10.2 Å². The number of rotatable bonds is 3. The number of amides is 1. The highest BCUT2D eigenvalue weighted by atomic mass is 16.2. The van der Waals surface area contributed by atoms with Crippen molar-refractivity contribution in [2.24, 2.45) is 5.84 Å². The van der Waals surface area contributed by atoms with E-state index >= 15 is 0 Å². The quantitative estimate of drug-likeness (QED) is 0.482. The zero-order valence-corrected chi connectivity index (χ0v) is 10.9. The van der Waals surface area contributed by atoms with Gasteiger partial charge in [-0.1, -0.05) is 12.1 Å². The fourth-order valence-corrected chi connectivity index (χ4v) is 2.33. The summed E-state index contributed by atoms with van der Waals surface area (Å²) in [6.45, 7) is 0.733. The first-order valence-electron chi connectivity index (χ1n) is 6.55. The second kappa shape index (κ2) is 5.30. The van der Waals surface area contributed by atoms with Gasteiger partial charge in [-0.05, 0) is 25.0 Å². The third-order valence-electron chi connectivity index (χ3n) is 3.33. The first-order chi connectivity index (χ1) is 9.78. The molecule has 0 aliphatic carbocycles. The van der Waals surface area contributed by atoms with Gasteiger partial charge in [-0.25, -0.2) is 10.8 Å². The van der Waals surface area contributed by atoms with Crippen LogP contribution in [0.1, 0.15) is 12.8 Å². The lowest BCUT2D eigenvalue weighted by molar-refractivity contribution is -0.123. The number of carbonyl (C=O) groups is 1. The number of carbonyl (C=O) groups excluding carboxylic acids is 1. The Morgan fingerprint density at radius 2 is 2.15 bits per heavy atom. The number of hydrogen-bond donors (Lipinski definition) is 4. The number of para-hydroxylation sites is 1. The molecule has 1 aliphatic heterocycles. The van der Waals surface area contributed by atoms with Crippen LogP contribution in [0.2, 0.25) is 0 Å². The highest BCUT2D eigenvalue weighted by molar-refractivity contribution is 5.93. The minimum absolute atomic E-state index is 0.00111. The molecule has 1 aliphatic rings. The van der Waals surface area contributed by atoms with Gasteiger partial charge in [0.15, 0.2) is 0 Å². The molecule has 20 heavy (non-hydrogen) atoms. The van der Waals surface area contributed by atoms with E-state index in [9.17, 15) is 4.79 Å². The third-order valence-corrected chi connectivity index (χ3v) is 3.33. The summed E-state index contributed by atoms with van der Waals surface area (Å²) in [4.78, 5) is 20.4. The van der Waals surface area contributed by atoms with Crippen LogP contribution in [0.5, 0.6) is 0 Å². The van der Waals surface area contributed by atoms with Gasteiger partial charge in [0.05, 0.1) is 5.52 Å². The maximum atomic E-state index is 11.8. The van der Waals surface area contributed by atoms with Gasteiger partial charge in [-0.15, -0.1) is 0 Å². The Bertz CT molecular complexity index is 644. The first-order valence-corrected chi connectivity index (χ1v) is 6.55. The topological polar surface area (TPSA) is 105 Å². The van der Waals surface area contributed by atoms with Crippen molar-refractivity contribution in [1.29, 1.82) is 0 Å². The number of fused-ring (bicyclic) bond motifs is 1. The smallest absolute Gasteiger partial charge is 0.242 e. The van der Waals surface area contributed by atoms with Crippen LogP contribution in [-0.4, -0.2) is 28.5 Å². The summed E-state index contributed by atoms with van der Waals surface area (Å²) in [5.74, 6) is 6.33. The fraction of sp³-hybridized carbons (Fsp3) is 0.308. The van der Waals surface area contributed by atoms with Crippen LogP contribution in [0.3, 0.4) is 0 Å². The average Bonchev–Trinajstić information content (AvgIpc) is 2.49. The lowest BCUT2D eigenvalue weighted by atomic mass is 10.1. The summed E-state index contributed by atoms with van der Waals surface area (Å²) >= 11 is 0. The number of nitrogens with two attached hydrogens (primary N) is 1. The Morgan fingerprint density at radius 3 is 2.95 bits per heavy atom. The minimum atomic E-state index is -0.271. The van der Waals surface area contributed by atoms with Crippen LogP contribution in [0.4, 0.5) is 11.8 Å². The standard InChI is InChI=1S/C13H16N6O/c14-19-13-17-9-5-2-1-4-8(9)11(18-13)16-10-6-3-7-15-12(10)20/h1-2,4-5,10H,3,6-7,14H2,(H,15,20)(H2,16,17,18,19). The predicted molar refractivity (Wildman–Crippen MR) is 77.0 cm³/mol. The van der Waals surface area contributed by atoms with Crippen LogP contribution >= 0.6 is 0 Å². The molecule has 1 aromatic carbocycles. The molecule has 1 amide bonds. The molecule has 0 saturated carbocycles. The number of anilines is 2. The molecular weight excluding hydrogens is 256 g/mol.